The van der Waals surface area contributed by atoms with Crippen molar-refractivity contribution in [1.29, 1.82) is 0 Å². The molecular formula is C15H21NS. The second-order valence-corrected chi connectivity index (χ2v) is 6.46. The molecule has 92 valence electrons. The van der Waals surface area contributed by atoms with E-state index in [0.717, 1.165) is 18.4 Å². The Labute approximate surface area is 108 Å². The first-order valence-corrected chi connectivity index (χ1v) is 7.84. The summed E-state index contributed by atoms with van der Waals surface area (Å²) in [6.45, 7) is 2.36. The zero-order chi connectivity index (χ0) is 11.5. The Morgan fingerprint density at radius 1 is 1.12 bits per heavy atom. The summed E-state index contributed by atoms with van der Waals surface area (Å²) < 4.78 is 0. The molecule has 3 rings (SSSR count). The second kappa shape index (κ2) is 5.45. The van der Waals surface area contributed by atoms with Gasteiger partial charge in [0.05, 0.1) is 0 Å². The minimum Gasteiger partial charge on any atom is -0.316 e. The Morgan fingerprint density at radius 2 is 1.94 bits per heavy atom. The van der Waals surface area contributed by atoms with E-state index in [1.54, 1.807) is 0 Å². The standard InChI is InChI=1S/C15H21NS/c1-2-14(10-16-9-1)13-5-7-15(8-6-13)17-11-12-3-4-12/h5-8,12,14,16H,1-4,9-11H2. The average molecular weight is 247 g/mol. The van der Waals surface area contributed by atoms with Crippen LogP contribution in [0.4, 0.5) is 0 Å². The topological polar surface area (TPSA) is 12.0 Å². The smallest absolute Gasteiger partial charge is 0.00722 e. The molecule has 1 heterocycles. The van der Waals surface area contributed by atoms with Crippen LogP contribution in [0.1, 0.15) is 37.2 Å². The number of thioether (sulfide) groups is 1. The molecule has 1 unspecified atom stereocenters. The van der Waals surface area contributed by atoms with Gasteiger partial charge in [0.2, 0.25) is 0 Å². The molecule has 0 amide bonds. The zero-order valence-corrected chi connectivity index (χ0v) is 11.1. The van der Waals surface area contributed by atoms with Crippen LogP contribution in [0.5, 0.6) is 0 Å². The van der Waals surface area contributed by atoms with Crippen LogP contribution >= 0.6 is 11.8 Å². The Balaban J connectivity index is 1.58. The highest BCUT2D eigenvalue weighted by molar-refractivity contribution is 7.99. The highest BCUT2D eigenvalue weighted by Gasteiger charge is 2.21. The molecule has 17 heavy (non-hydrogen) atoms. The van der Waals surface area contributed by atoms with Gasteiger partial charge in [-0.1, -0.05) is 12.1 Å². The third kappa shape index (κ3) is 3.26. The van der Waals surface area contributed by atoms with E-state index in [9.17, 15) is 0 Å². The van der Waals surface area contributed by atoms with E-state index in [-0.39, 0.29) is 0 Å². The molecule has 1 aromatic rings. The first-order valence-electron chi connectivity index (χ1n) is 6.85. The third-order valence-corrected chi connectivity index (χ3v) is 5.07. The lowest BCUT2D eigenvalue weighted by molar-refractivity contribution is 0.461. The van der Waals surface area contributed by atoms with Crippen LogP contribution in [0.25, 0.3) is 0 Å². The van der Waals surface area contributed by atoms with Crippen LogP contribution in [0, 0.1) is 5.92 Å². The summed E-state index contributed by atoms with van der Waals surface area (Å²) in [4.78, 5) is 1.45. The minimum atomic E-state index is 0.742. The highest BCUT2D eigenvalue weighted by Crippen LogP contribution is 2.35. The van der Waals surface area contributed by atoms with E-state index in [0.29, 0.717) is 0 Å². The van der Waals surface area contributed by atoms with Crippen LogP contribution in [-0.2, 0) is 0 Å². The molecule has 1 N–H and O–H groups in total. The Hall–Kier alpha value is -0.470. The van der Waals surface area contributed by atoms with E-state index in [4.69, 9.17) is 0 Å². The summed E-state index contributed by atoms with van der Waals surface area (Å²) >= 11 is 2.03. The summed E-state index contributed by atoms with van der Waals surface area (Å²) in [5.41, 5.74) is 1.52. The van der Waals surface area contributed by atoms with E-state index in [1.807, 2.05) is 11.8 Å². The molecule has 2 fully saturated rings. The molecule has 1 aromatic carbocycles. The number of piperidine rings is 1. The molecule has 1 aliphatic carbocycles. The lowest BCUT2D eigenvalue weighted by Gasteiger charge is -2.23. The van der Waals surface area contributed by atoms with E-state index >= 15 is 0 Å². The minimum absolute atomic E-state index is 0.742. The highest BCUT2D eigenvalue weighted by atomic mass is 32.2. The van der Waals surface area contributed by atoms with Gasteiger partial charge in [0, 0.05) is 17.2 Å². The van der Waals surface area contributed by atoms with Gasteiger partial charge in [-0.25, -0.2) is 0 Å². The second-order valence-electron chi connectivity index (χ2n) is 5.37. The van der Waals surface area contributed by atoms with Crippen LogP contribution in [0.3, 0.4) is 0 Å². The van der Waals surface area contributed by atoms with Crippen LogP contribution < -0.4 is 5.32 Å². The number of hydrogen-bond acceptors (Lipinski definition) is 2. The van der Waals surface area contributed by atoms with E-state index in [1.165, 1.54) is 48.4 Å². The van der Waals surface area contributed by atoms with Gasteiger partial charge in [-0.15, -0.1) is 11.8 Å². The molecule has 0 aromatic heterocycles. The normalized spacial score (nSPS) is 24.8. The van der Waals surface area contributed by atoms with Gasteiger partial charge in [0.25, 0.3) is 0 Å². The van der Waals surface area contributed by atoms with Gasteiger partial charge < -0.3 is 5.32 Å². The third-order valence-electron chi connectivity index (χ3n) is 3.83. The van der Waals surface area contributed by atoms with Crippen molar-refractivity contribution in [2.45, 2.75) is 36.5 Å². The number of hydrogen-bond donors (Lipinski definition) is 1. The van der Waals surface area contributed by atoms with Crippen molar-refractivity contribution in [2.75, 3.05) is 18.8 Å². The van der Waals surface area contributed by atoms with Gasteiger partial charge in [-0.2, -0.15) is 0 Å². The fraction of sp³-hybridized carbons (Fsp3) is 0.600. The SMILES string of the molecule is c1cc(C2CCCNC2)ccc1SCC1CC1. The number of benzene rings is 1. The molecule has 0 spiro atoms. The maximum atomic E-state index is 3.49. The van der Waals surface area contributed by atoms with E-state index in [2.05, 4.69) is 29.6 Å². The van der Waals surface area contributed by atoms with Crippen LogP contribution in [0.15, 0.2) is 29.2 Å². The summed E-state index contributed by atoms with van der Waals surface area (Å²) in [7, 11) is 0. The van der Waals surface area contributed by atoms with Crippen LogP contribution in [0.2, 0.25) is 0 Å². The van der Waals surface area contributed by atoms with Crippen molar-refractivity contribution in [3.8, 4) is 0 Å². The van der Waals surface area contributed by atoms with E-state index < -0.39 is 0 Å². The first-order chi connectivity index (χ1) is 8.42. The Morgan fingerprint density at radius 3 is 2.59 bits per heavy atom. The lowest BCUT2D eigenvalue weighted by atomic mass is 9.92. The molecular weight excluding hydrogens is 226 g/mol. The number of nitrogens with one attached hydrogen (secondary N) is 1. The van der Waals surface area contributed by atoms with Crippen molar-refractivity contribution in [1.82, 2.24) is 5.32 Å². The lowest BCUT2D eigenvalue weighted by Crippen LogP contribution is -2.28. The zero-order valence-electron chi connectivity index (χ0n) is 10.3. The maximum absolute atomic E-state index is 3.49. The van der Waals surface area contributed by atoms with Gasteiger partial charge >= 0.3 is 0 Å². The summed E-state index contributed by atoms with van der Waals surface area (Å²) in [5.74, 6) is 3.08. The molecule has 2 heteroatoms. The largest absolute Gasteiger partial charge is 0.316 e. The van der Waals surface area contributed by atoms with Gasteiger partial charge in [-0.3, -0.25) is 0 Å². The molecule has 1 aliphatic heterocycles. The first kappa shape index (κ1) is 11.6. The summed E-state index contributed by atoms with van der Waals surface area (Å²) in [6.07, 6.45) is 5.59. The molecule has 0 bridgehead atoms. The van der Waals surface area contributed by atoms with Crippen molar-refractivity contribution >= 4 is 11.8 Å². The monoisotopic (exact) mass is 247 g/mol. The van der Waals surface area contributed by atoms with Gasteiger partial charge in [-0.05, 0) is 61.8 Å². The predicted molar refractivity (Wildman–Crippen MR) is 74.7 cm³/mol. The van der Waals surface area contributed by atoms with Crippen LogP contribution in [-0.4, -0.2) is 18.8 Å². The molecule has 2 aliphatic rings. The van der Waals surface area contributed by atoms with Crippen molar-refractivity contribution < 1.29 is 0 Å². The molecule has 1 nitrogen and oxygen atoms in total. The predicted octanol–water partition coefficient (Wildman–Crippen LogP) is 3.66. The molecule has 1 saturated carbocycles. The Bertz CT molecular complexity index is 350. The molecule has 1 saturated heterocycles. The van der Waals surface area contributed by atoms with Crippen molar-refractivity contribution in [2.24, 2.45) is 5.92 Å². The fourth-order valence-electron chi connectivity index (χ4n) is 2.47. The van der Waals surface area contributed by atoms with Gasteiger partial charge in [0.1, 0.15) is 0 Å². The fourth-order valence-corrected chi connectivity index (χ4v) is 3.56. The average Bonchev–Trinajstić information content (AvgIpc) is 3.22. The quantitative estimate of drug-likeness (QED) is 0.815. The number of rotatable bonds is 4. The molecule has 1 atom stereocenters. The maximum Gasteiger partial charge on any atom is 0.00722 e. The Kier molecular flexibility index (Phi) is 3.72. The molecule has 0 radical (unpaired) electrons. The van der Waals surface area contributed by atoms with Crippen molar-refractivity contribution in [3.63, 3.8) is 0 Å². The summed E-state index contributed by atoms with van der Waals surface area (Å²) in [6, 6.07) is 9.31. The van der Waals surface area contributed by atoms with Crippen molar-refractivity contribution in [3.05, 3.63) is 29.8 Å². The summed E-state index contributed by atoms with van der Waals surface area (Å²) in [5, 5.41) is 3.49. The van der Waals surface area contributed by atoms with Gasteiger partial charge in [0.15, 0.2) is 0 Å².